The van der Waals surface area contributed by atoms with E-state index in [0.717, 1.165) is 35.6 Å². The predicted octanol–water partition coefficient (Wildman–Crippen LogP) is 9.45. The summed E-state index contributed by atoms with van der Waals surface area (Å²) in [4.78, 5) is 0.0822. The summed E-state index contributed by atoms with van der Waals surface area (Å²) < 4.78 is 33.9. The van der Waals surface area contributed by atoms with Crippen molar-refractivity contribution in [2.24, 2.45) is 0 Å². The van der Waals surface area contributed by atoms with Gasteiger partial charge >= 0.3 is 0 Å². The van der Waals surface area contributed by atoms with Crippen LogP contribution in [-0.2, 0) is 23.0 Å². The lowest BCUT2D eigenvalue weighted by Gasteiger charge is -2.13. The zero-order valence-corrected chi connectivity index (χ0v) is 22.6. The molecule has 0 saturated heterocycles. The Morgan fingerprint density at radius 2 is 1.12 bits per heavy atom. The molecule has 0 fully saturated rings. The van der Waals surface area contributed by atoms with E-state index in [4.69, 9.17) is 0 Å². The lowest BCUT2D eigenvalue weighted by Crippen LogP contribution is -2.04. The van der Waals surface area contributed by atoms with Crippen LogP contribution in [0.4, 0.5) is 0 Å². The fourth-order valence-electron chi connectivity index (χ4n) is 4.98. The summed E-state index contributed by atoms with van der Waals surface area (Å²) in [7, 11) is -4.22. The van der Waals surface area contributed by atoms with Gasteiger partial charge in [-0.25, -0.2) is 0 Å². The summed E-state index contributed by atoms with van der Waals surface area (Å²) in [5, 5.41) is 2.05. The second-order valence-corrected chi connectivity index (χ2v) is 11.4. The van der Waals surface area contributed by atoms with Gasteiger partial charge in [0.25, 0.3) is 10.1 Å². The molecule has 0 aromatic heterocycles. The maximum absolute atomic E-state index is 12.0. The molecule has 0 aliphatic heterocycles. The Hall–Kier alpha value is -1.39. The standard InChI is InChI=1S/C30H48O3S/c1-3-5-7-9-11-13-15-17-19-26-21-23-28-27(25-26)22-24-30(34(31,32)33)29(28)20-18-16-14-12-10-8-6-4-2/h21-25H,3-20H2,1-2H3,(H,31,32,33). The van der Waals surface area contributed by atoms with Gasteiger partial charge in [0.05, 0.1) is 4.90 Å². The average molecular weight is 489 g/mol. The highest BCUT2D eigenvalue weighted by Gasteiger charge is 2.18. The van der Waals surface area contributed by atoms with Crippen LogP contribution in [-0.4, -0.2) is 13.0 Å². The van der Waals surface area contributed by atoms with E-state index in [1.165, 1.54) is 95.5 Å². The van der Waals surface area contributed by atoms with E-state index in [1.54, 1.807) is 6.07 Å². The highest BCUT2D eigenvalue weighted by Crippen LogP contribution is 2.29. The Morgan fingerprint density at radius 3 is 1.65 bits per heavy atom. The first-order chi connectivity index (χ1) is 16.5. The van der Waals surface area contributed by atoms with Crippen molar-refractivity contribution in [3.63, 3.8) is 0 Å². The van der Waals surface area contributed by atoms with E-state index in [-0.39, 0.29) is 4.90 Å². The topological polar surface area (TPSA) is 54.4 Å². The molecule has 4 heteroatoms. The third kappa shape index (κ3) is 10.5. The van der Waals surface area contributed by atoms with Crippen molar-refractivity contribution >= 4 is 20.9 Å². The molecule has 0 radical (unpaired) electrons. The summed E-state index contributed by atoms with van der Waals surface area (Å²) in [5.74, 6) is 0. The first-order valence-corrected chi connectivity index (χ1v) is 15.4. The molecule has 0 aliphatic carbocycles. The molecule has 0 heterocycles. The molecule has 0 aliphatic rings. The third-order valence-electron chi connectivity index (χ3n) is 7.03. The average Bonchev–Trinajstić information content (AvgIpc) is 2.81. The number of rotatable bonds is 19. The molecule has 0 spiro atoms. The zero-order valence-electron chi connectivity index (χ0n) is 21.8. The predicted molar refractivity (Wildman–Crippen MR) is 146 cm³/mol. The van der Waals surface area contributed by atoms with Crippen LogP contribution in [0.3, 0.4) is 0 Å². The Labute approximate surface area is 209 Å². The Morgan fingerprint density at radius 1 is 0.618 bits per heavy atom. The Kier molecular flexibility index (Phi) is 13.8. The van der Waals surface area contributed by atoms with Gasteiger partial charge in [0, 0.05) is 0 Å². The highest BCUT2D eigenvalue weighted by molar-refractivity contribution is 7.85. The van der Waals surface area contributed by atoms with Crippen LogP contribution in [0.15, 0.2) is 35.2 Å². The molecule has 0 saturated carbocycles. The van der Waals surface area contributed by atoms with Gasteiger partial charge in [-0.05, 0) is 53.6 Å². The summed E-state index contributed by atoms with van der Waals surface area (Å²) >= 11 is 0. The number of aryl methyl sites for hydroxylation is 2. The normalized spacial score (nSPS) is 12.0. The fraction of sp³-hybridized carbons (Fsp3) is 0.667. The molecule has 0 bridgehead atoms. The number of benzene rings is 2. The van der Waals surface area contributed by atoms with Crippen molar-refractivity contribution in [2.45, 2.75) is 134 Å². The summed E-state index contributed by atoms with van der Waals surface area (Å²) in [6.45, 7) is 4.49. The van der Waals surface area contributed by atoms with Crippen LogP contribution < -0.4 is 0 Å². The molecular formula is C30H48O3S. The number of hydrogen-bond donors (Lipinski definition) is 1. The maximum atomic E-state index is 12.0. The largest absolute Gasteiger partial charge is 0.294 e. The van der Waals surface area contributed by atoms with E-state index in [2.05, 4.69) is 32.0 Å². The van der Waals surface area contributed by atoms with Crippen LogP contribution in [0.25, 0.3) is 10.8 Å². The summed E-state index contributed by atoms with van der Waals surface area (Å²) in [6, 6.07) is 9.88. The van der Waals surface area contributed by atoms with Gasteiger partial charge < -0.3 is 0 Å². The molecule has 1 N–H and O–H groups in total. The van der Waals surface area contributed by atoms with Gasteiger partial charge in [0.15, 0.2) is 0 Å². The van der Waals surface area contributed by atoms with Crippen molar-refractivity contribution in [3.8, 4) is 0 Å². The molecule has 34 heavy (non-hydrogen) atoms. The van der Waals surface area contributed by atoms with Crippen LogP contribution >= 0.6 is 0 Å². The molecule has 0 amide bonds. The molecule has 192 valence electrons. The van der Waals surface area contributed by atoms with Crippen LogP contribution in [0, 0.1) is 0 Å². The second-order valence-electron chi connectivity index (χ2n) is 10.0. The summed E-state index contributed by atoms with van der Waals surface area (Å²) in [5.41, 5.74) is 2.10. The molecule has 2 aromatic carbocycles. The molecule has 0 unspecified atom stereocenters. The monoisotopic (exact) mass is 488 g/mol. The maximum Gasteiger partial charge on any atom is 0.294 e. The van der Waals surface area contributed by atoms with Crippen LogP contribution in [0.2, 0.25) is 0 Å². The number of fused-ring (bicyclic) bond motifs is 1. The quantitative estimate of drug-likeness (QED) is 0.158. The van der Waals surface area contributed by atoms with E-state index in [9.17, 15) is 13.0 Å². The van der Waals surface area contributed by atoms with Gasteiger partial charge in [0.2, 0.25) is 0 Å². The molecule has 2 aromatic rings. The molecule has 2 rings (SSSR count). The minimum absolute atomic E-state index is 0.0822. The van der Waals surface area contributed by atoms with E-state index < -0.39 is 10.1 Å². The van der Waals surface area contributed by atoms with Gasteiger partial charge in [-0.15, -0.1) is 0 Å². The first-order valence-electron chi connectivity index (χ1n) is 14.0. The lowest BCUT2D eigenvalue weighted by atomic mass is 9.96. The van der Waals surface area contributed by atoms with Crippen LogP contribution in [0.1, 0.15) is 128 Å². The van der Waals surface area contributed by atoms with E-state index in [0.29, 0.717) is 6.42 Å². The smallest absolute Gasteiger partial charge is 0.282 e. The summed E-state index contributed by atoms with van der Waals surface area (Å²) in [6.07, 6.45) is 22.0. The minimum atomic E-state index is -4.22. The fourth-order valence-corrected chi connectivity index (χ4v) is 5.74. The lowest BCUT2D eigenvalue weighted by molar-refractivity contribution is 0.482. The zero-order chi connectivity index (χ0) is 24.7. The third-order valence-corrected chi connectivity index (χ3v) is 7.97. The van der Waals surface area contributed by atoms with Crippen LogP contribution in [0.5, 0.6) is 0 Å². The van der Waals surface area contributed by atoms with E-state index >= 15 is 0 Å². The van der Waals surface area contributed by atoms with Gasteiger partial charge in [-0.3, -0.25) is 4.55 Å². The van der Waals surface area contributed by atoms with E-state index in [1.807, 2.05) is 6.07 Å². The minimum Gasteiger partial charge on any atom is -0.282 e. The van der Waals surface area contributed by atoms with Gasteiger partial charge in [-0.2, -0.15) is 8.42 Å². The van der Waals surface area contributed by atoms with Crippen molar-refractivity contribution in [2.75, 3.05) is 0 Å². The molecular weight excluding hydrogens is 440 g/mol. The SMILES string of the molecule is CCCCCCCCCCc1ccc2c(CCCCCCCCCC)c(S(=O)(=O)O)ccc2c1. The Bertz CT molecular complexity index is 933. The highest BCUT2D eigenvalue weighted by atomic mass is 32.2. The number of unbranched alkanes of at least 4 members (excludes halogenated alkanes) is 14. The second kappa shape index (κ2) is 16.3. The van der Waals surface area contributed by atoms with Gasteiger partial charge in [-0.1, -0.05) is 128 Å². The van der Waals surface area contributed by atoms with Gasteiger partial charge in [0.1, 0.15) is 0 Å². The molecule has 3 nitrogen and oxygen atoms in total. The first kappa shape index (κ1) is 28.8. The Balaban J connectivity index is 1.94. The molecule has 0 atom stereocenters. The van der Waals surface area contributed by atoms with Crippen molar-refractivity contribution in [3.05, 3.63) is 41.5 Å². The van der Waals surface area contributed by atoms with Crippen molar-refractivity contribution in [1.82, 2.24) is 0 Å². The van der Waals surface area contributed by atoms with Crippen molar-refractivity contribution < 1.29 is 13.0 Å². The number of hydrogen-bond acceptors (Lipinski definition) is 2. The van der Waals surface area contributed by atoms with Crippen molar-refractivity contribution in [1.29, 1.82) is 0 Å².